The number of aromatic nitrogens is 1. The van der Waals surface area contributed by atoms with Gasteiger partial charge in [-0.15, -0.1) is 11.3 Å². The van der Waals surface area contributed by atoms with Crippen molar-refractivity contribution in [1.29, 1.82) is 0 Å². The Labute approximate surface area is 139 Å². The first kappa shape index (κ1) is 17.6. The number of carbonyl (C=O) groups excluding carboxylic acids is 1. The molecule has 1 heterocycles. The Morgan fingerprint density at radius 3 is 2.65 bits per heavy atom. The van der Waals surface area contributed by atoms with Gasteiger partial charge in [0.1, 0.15) is 11.5 Å². The molecular formula is C17H21FN2O2S. The van der Waals surface area contributed by atoms with Gasteiger partial charge in [-0.3, -0.25) is 4.79 Å². The van der Waals surface area contributed by atoms with Crippen LogP contribution in [0.1, 0.15) is 41.8 Å². The quantitative estimate of drug-likeness (QED) is 0.882. The Hall–Kier alpha value is -1.79. The molecule has 0 aliphatic rings. The highest BCUT2D eigenvalue weighted by Gasteiger charge is 2.22. The van der Waals surface area contributed by atoms with E-state index in [1.165, 1.54) is 17.4 Å². The van der Waals surface area contributed by atoms with Gasteiger partial charge in [-0.1, -0.05) is 18.2 Å². The molecule has 0 aliphatic carbocycles. The monoisotopic (exact) mass is 336 g/mol. The predicted molar refractivity (Wildman–Crippen MR) is 89.2 cm³/mol. The van der Waals surface area contributed by atoms with Gasteiger partial charge in [-0.2, -0.15) is 0 Å². The van der Waals surface area contributed by atoms with Crippen molar-refractivity contribution in [3.8, 4) is 0 Å². The number of carbonyl (C=O) groups is 1. The second-order valence-corrected chi connectivity index (χ2v) is 6.74. The molecule has 1 aromatic carbocycles. The Morgan fingerprint density at radius 2 is 2.04 bits per heavy atom. The van der Waals surface area contributed by atoms with Crippen LogP contribution in [0.5, 0.6) is 0 Å². The highest BCUT2D eigenvalue weighted by atomic mass is 32.1. The van der Waals surface area contributed by atoms with Gasteiger partial charge in [0.15, 0.2) is 0 Å². The van der Waals surface area contributed by atoms with Crippen molar-refractivity contribution in [1.82, 2.24) is 9.88 Å². The molecule has 2 aromatic rings. The molecule has 0 bridgehead atoms. The first-order valence-electron chi connectivity index (χ1n) is 7.55. The van der Waals surface area contributed by atoms with Crippen LogP contribution in [0, 0.1) is 5.82 Å². The van der Waals surface area contributed by atoms with Gasteiger partial charge in [-0.05, 0) is 32.4 Å². The maximum Gasteiger partial charge on any atom is 0.273 e. The lowest BCUT2D eigenvalue weighted by atomic mass is 10.1. The maximum atomic E-state index is 13.7. The molecule has 2 rings (SSSR count). The van der Waals surface area contributed by atoms with Crippen LogP contribution in [-0.4, -0.2) is 39.6 Å². The van der Waals surface area contributed by atoms with E-state index in [2.05, 4.69) is 4.98 Å². The summed E-state index contributed by atoms with van der Waals surface area (Å²) in [5.74, 6) is -0.481. The van der Waals surface area contributed by atoms with E-state index in [0.29, 0.717) is 22.7 Å². The van der Waals surface area contributed by atoms with E-state index in [9.17, 15) is 14.3 Å². The van der Waals surface area contributed by atoms with E-state index in [1.807, 2.05) is 13.8 Å². The van der Waals surface area contributed by atoms with Crippen molar-refractivity contribution in [3.63, 3.8) is 0 Å². The zero-order valence-corrected chi connectivity index (χ0v) is 14.3. The molecule has 0 radical (unpaired) electrons. The van der Waals surface area contributed by atoms with E-state index in [-0.39, 0.29) is 24.3 Å². The van der Waals surface area contributed by atoms with Crippen LogP contribution >= 0.6 is 11.3 Å². The standard InChI is InChI=1S/C17H21FN2O2S/c1-11(2)20(9-12(3)21)17(22)15-10-23-16(19-15)8-13-6-4-5-7-14(13)18/h4-7,10-12,21H,8-9H2,1-3H3. The minimum atomic E-state index is -0.599. The summed E-state index contributed by atoms with van der Waals surface area (Å²) in [6.07, 6.45) is -0.235. The van der Waals surface area contributed by atoms with Gasteiger partial charge in [-0.25, -0.2) is 9.37 Å². The fraction of sp³-hybridized carbons (Fsp3) is 0.412. The average molecular weight is 336 g/mol. The highest BCUT2D eigenvalue weighted by molar-refractivity contribution is 7.09. The van der Waals surface area contributed by atoms with E-state index < -0.39 is 6.10 Å². The normalized spacial score (nSPS) is 12.4. The lowest BCUT2D eigenvalue weighted by Crippen LogP contribution is -2.41. The Balaban J connectivity index is 2.14. The second-order valence-electron chi connectivity index (χ2n) is 5.79. The number of hydrogen-bond acceptors (Lipinski definition) is 4. The molecule has 4 nitrogen and oxygen atoms in total. The Kier molecular flexibility index (Phi) is 5.85. The zero-order chi connectivity index (χ0) is 17.0. The van der Waals surface area contributed by atoms with Gasteiger partial charge < -0.3 is 10.0 Å². The van der Waals surface area contributed by atoms with E-state index >= 15 is 0 Å². The topological polar surface area (TPSA) is 53.4 Å². The van der Waals surface area contributed by atoms with Crippen LogP contribution in [0.3, 0.4) is 0 Å². The van der Waals surface area contributed by atoms with E-state index in [1.54, 1.807) is 35.4 Å². The second kappa shape index (κ2) is 7.66. The third kappa shape index (κ3) is 4.59. The zero-order valence-electron chi connectivity index (χ0n) is 13.5. The summed E-state index contributed by atoms with van der Waals surface area (Å²) in [5, 5.41) is 11.9. The summed E-state index contributed by atoms with van der Waals surface area (Å²) in [4.78, 5) is 18.5. The third-order valence-electron chi connectivity index (χ3n) is 3.42. The molecule has 1 aromatic heterocycles. The molecule has 1 amide bonds. The summed E-state index contributed by atoms with van der Waals surface area (Å²) >= 11 is 1.34. The van der Waals surface area contributed by atoms with Crippen molar-refractivity contribution in [3.05, 3.63) is 51.7 Å². The van der Waals surface area contributed by atoms with Crippen molar-refractivity contribution < 1.29 is 14.3 Å². The number of thiazole rings is 1. The smallest absolute Gasteiger partial charge is 0.273 e. The summed E-state index contributed by atoms with van der Waals surface area (Å²) in [6, 6.07) is 6.52. The Bertz CT molecular complexity index is 670. The number of rotatable bonds is 6. The van der Waals surface area contributed by atoms with Crippen molar-refractivity contribution in [2.45, 2.75) is 39.3 Å². The van der Waals surface area contributed by atoms with Crippen LogP contribution in [0.15, 0.2) is 29.6 Å². The van der Waals surface area contributed by atoms with Crippen molar-refractivity contribution >= 4 is 17.2 Å². The van der Waals surface area contributed by atoms with Gasteiger partial charge in [0.25, 0.3) is 5.91 Å². The van der Waals surface area contributed by atoms with Crippen LogP contribution in [0.25, 0.3) is 0 Å². The number of amides is 1. The highest BCUT2D eigenvalue weighted by Crippen LogP contribution is 2.18. The number of benzene rings is 1. The lowest BCUT2D eigenvalue weighted by molar-refractivity contribution is 0.0574. The van der Waals surface area contributed by atoms with Gasteiger partial charge in [0.05, 0.1) is 11.1 Å². The third-order valence-corrected chi connectivity index (χ3v) is 4.26. The molecule has 0 saturated carbocycles. The lowest BCUT2D eigenvalue weighted by Gasteiger charge is -2.27. The van der Waals surface area contributed by atoms with Crippen molar-refractivity contribution in [2.24, 2.45) is 0 Å². The minimum Gasteiger partial charge on any atom is -0.392 e. The minimum absolute atomic E-state index is 0.0335. The molecule has 0 aliphatic heterocycles. The number of hydrogen-bond donors (Lipinski definition) is 1. The predicted octanol–water partition coefficient (Wildman–Crippen LogP) is 3.10. The van der Waals surface area contributed by atoms with Gasteiger partial charge >= 0.3 is 0 Å². The van der Waals surface area contributed by atoms with E-state index in [4.69, 9.17) is 0 Å². The van der Waals surface area contributed by atoms with Gasteiger partial charge in [0.2, 0.25) is 0 Å². The number of nitrogens with zero attached hydrogens (tertiary/aromatic N) is 2. The molecule has 1 unspecified atom stereocenters. The first-order valence-corrected chi connectivity index (χ1v) is 8.43. The van der Waals surface area contributed by atoms with Crippen LogP contribution < -0.4 is 0 Å². The Morgan fingerprint density at radius 1 is 1.35 bits per heavy atom. The average Bonchev–Trinajstić information content (AvgIpc) is 2.94. The fourth-order valence-corrected chi connectivity index (χ4v) is 3.05. The molecule has 124 valence electrons. The first-order chi connectivity index (χ1) is 10.9. The summed E-state index contributed by atoms with van der Waals surface area (Å²) in [5.41, 5.74) is 0.904. The van der Waals surface area contributed by atoms with Crippen LogP contribution in [0.4, 0.5) is 4.39 Å². The van der Waals surface area contributed by atoms with Crippen LogP contribution in [0.2, 0.25) is 0 Å². The van der Waals surface area contributed by atoms with Crippen LogP contribution in [-0.2, 0) is 6.42 Å². The SMILES string of the molecule is CC(O)CN(C(=O)c1csc(Cc2ccccc2F)n1)C(C)C. The molecule has 1 N–H and O–H groups in total. The molecule has 0 spiro atoms. The summed E-state index contributed by atoms with van der Waals surface area (Å²) in [7, 11) is 0. The molecule has 0 fully saturated rings. The summed E-state index contributed by atoms with van der Waals surface area (Å²) in [6.45, 7) is 5.70. The largest absolute Gasteiger partial charge is 0.392 e. The molecule has 6 heteroatoms. The number of aliphatic hydroxyl groups is 1. The molecular weight excluding hydrogens is 315 g/mol. The van der Waals surface area contributed by atoms with E-state index in [0.717, 1.165) is 0 Å². The molecule has 0 saturated heterocycles. The maximum absolute atomic E-state index is 13.7. The fourth-order valence-electron chi connectivity index (χ4n) is 2.26. The van der Waals surface area contributed by atoms with Crippen molar-refractivity contribution in [2.75, 3.05) is 6.54 Å². The molecule has 1 atom stereocenters. The molecule has 23 heavy (non-hydrogen) atoms. The number of aliphatic hydroxyl groups excluding tert-OH is 1. The number of halogens is 1. The summed E-state index contributed by atoms with van der Waals surface area (Å²) < 4.78 is 13.7. The van der Waals surface area contributed by atoms with Gasteiger partial charge in [0, 0.05) is 24.4 Å².